The van der Waals surface area contributed by atoms with E-state index in [9.17, 15) is 9.90 Å². The van der Waals surface area contributed by atoms with E-state index >= 15 is 0 Å². The molecule has 1 heterocycles. The van der Waals surface area contributed by atoms with E-state index in [0.717, 1.165) is 0 Å². The minimum absolute atomic E-state index is 0.151. The van der Waals surface area contributed by atoms with Crippen molar-refractivity contribution in [3.8, 4) is 16.9 Å². The Hall–Kier alpha value is -2.77. The van der Waals surface area contributed by atoms with Crippen molar-refractivity contribution in [1.82, 2.24) is 4.98 Å². The lowest BCUT2D eigenvalue weighted by Crippen LogP contribution is -2.09. The molecular weight excluding hydrogens is 288 g/mol. The highest BCUT2D eigenvalue weighted by Gasteiger charge is 2.15. The molecule has 0 amide bonds. The molecule has 21 heavy (non-hydrogen) atoms. The molecule has 102 valence electrons. The molecule has 0 fully saturated rings. The van der Waals surface area contributed by atoms with Crippen LogP contribution < -0.4 is 5.56 Å². The molecule has 0 saturated heterocycles. The number of nitrogens with zero attached hydrogens (tertiary/aromatic N) is 1. The maximum absolute atomic E-state index is 12.2. The quantitative estimate of drug-likeness (QED) is 0.664. The number of H-pyrrole nitrogens is 1. The molecule has 4 nitrogen and oxygen atoms in total. The lowest BCUT2D eigenvalue weighted by molar-refractivity contribution is 0.482. The molecule has 0 aliphatic carbocycles. The van der Waals surface area contributed by atoms with Crippen molar-refractivity contribution in [3.63, 3.8) is 0 Å². The molecule has 0 unspecified atom stereocenters. The number of pyridine rings is 1. The van der Waals surface area contributed by atoms with Crippen molar-refractivity contribution in [3.05, 3.63) is 69.3 Å². The van der Waals surface area contributed by atoms with Gasteiger partial charge in [0.25, 0.3) is 5.56 Å². The number of aromatic amines is 1. The van der Waals surface area contributed by atoms with E-state index in [1.807, 2.05) is 6.07 Å². The van der Waals surface area contributed by atoms with Crippen molar-refractivity contribution in [1.29, 1.82) is 0 Å². The Kier molecular flexibility index (Phi) is 3.13. The predicted octanol–water partition coefficient (Wildman–Crippen LogP) is 4.10. The number of halogens is 1. The normalized spacial score (nSPS) is 10.5. The van der Waals surface area contributed by atoms with E-state index in [2.05, 4.69) is 9.83 Å². The van der Waals surface area contributed by atoms with Crippen LogP contribution in [-0.2, 0) is 0 Å². The number of rotatable bonds is 1. The molecule has 0 spiro atoms. The topological polar surface area (TPSA) is 57.4 Å². The molecule has 0 atom stereocenters. The number of nitrogens with one attached hydrogen (secondary N) is 1. The van der Waals surface area contributed by atoms with E-state index in [1.54, 1.807) is 24.3 Å². The van der Waals surface area contributed by atoms with Crippen LogP contribution in [0.25, 0.3) is 26.9 Å². The summed E-state index contributed by atoms with van der Waals surface area (Å²) in [6, 6.07) is 11.8. The molecular formula is C16H9ClN2O2. The number of hydrogen-bond acceptors (Lipinski definition) is 2. The van der Waals surface area contributed by atoms with Gasteiger partial charge in [0.2, 0.25) is 5.69 Å². The summed E-state index contributed by atoms with van der Waals surface area (Å²) >= 11 is 5.95. The first-order chi connectivity index (χ1) is 10.1. The summed E-state index contributed by atoms with van der Waals surface area (Å²) in [7, 11) is 0. The molecule has 1 aromatic heterocycles. The molecule has 0 bridgehead atoms. The minimum atomic E-state index is -0.405. The van der Waals surface area contributed by atoms with Gasteiger partial charge < -0.3 is 10.1 Å². The zero-order valence-electron chi connectivity index (χ0n) is 10.7. The van der Waals surface area contributed by atoms with Crippen LogP contribution in [0.4, 0.5) is 5.69 Å². The highest BCUT2D eigenvalue weighted by Crippen LogP contribution is 2.37. The highest BCUT2D eigenvalue weighted by molar-refractivity contribution is 6.34. The van der Waals surface area contributed by atoms with E-state index in [0.29, 0.717) is 16.5 Å². The molecule has 2 aromatic carbocycles. The second-order valence-corrected chi connectivity index (χ2v) is 4.91. The number of benzene rings is 2. The molecule has 0 aliphatic rings. The van der Waals surface area contributed by atoms with Gasteiger partial charge in [-0.05, 0) is 17.7 Å². The Morgan fingerprint density at radius 1 is 1.19 bits per heavy atom. The van der Waals surface area contributed by atoms with Gasteiger partial charge in [-0.3, -0.25) is 4.79 Å². The maximum Gasteiger partial charge on any atom is 0.260 e. The van der Waals surface area contributed by atoms with Gasteiger partial charge in [-0.2, -0.15) is 0 Å². The largest absolute Gasteiger partial charge is 0.506 e. The molecule has 3 rings (SSSR count). The van der Waals surface area contributed by atoms with Crippen LogP contribution in [0.3, 0.4) is 0 Å². The predicted molar refractivity (Wildman–Crippen MR) is 82.9 cm³/mol. The molecule has 3 aromatic rings. The van der Waals surface area contributed by atoms with Gasteiger partial charge in [0.1, 0.15) is 5.75 Å². The molecule has 0 aliphatic heterocycles. The van der Waals surface area contributed by atoms with Crippen LogP contribution in [0.5, 0.6) is 5.75 Å². The van der Waals surface area contributed by atoms with Crippen molar-refractivity contribution in [2.45, 2.75) is 0 Å². The van der Waals surface area contributed by atoms with Gasteiger partial charge in [0.05, 0.1) is 17.7 Å². The van der Waals surface area contributed by atoms with Gasteiger partial charge in [-0.25, -0.2) is 4.85 Å². The smallest absolute Gasteiger partial charge is 0.260 e. The highest BCUT2D eigenvalue weighted by atomic mass is 35.5. The summed E-state index contributed by atoms with van der Waals surface area (Å²) in [5.41, 5.74) is 1.01. The van der Waals surface area contributed by atoms with Crippen LogP contribution in [0, 0.1) is 6.57 Å². The van der Waals surface area contributed by atoms with Crippen molar-refractivity contribution in [2.75, 3.05) is 0 Å². The third-order valence-corrected chi connectivity index (χ3v) is 3.54. The number of aromatic nitrogens is 1. The van der Waals surface area contributed by atoms with Crippen molar-refractivity contribution in [2.24, 2.45) is 0 Å². The van der Waals surface area contributed by atoms with Gasteiger partial charge in [-0.15, -0.1) is 0 Å². The number of aromatic hydroxyl groups is 1. The first kappa shape index (κ1) is 13.2. The van der Waals surface area contributed by atoms with Gasteiger partial charge >= 0.3 is 0 Å². The van der Waals surface area contributed by atoms with Crippen molar-refractivity contribution >= 4 is 28.2 Å². The third kappa shape index (κ3) is 2.14. The van der Waals surface area contributed by atoms with Crippen LogP contribution in [0.2, 0.25) is 5.02 Å². The van der Waals surface area contributed by atoms with E-state index < -0.39 is 5.56 Å². The second-order valence-electron chi connectivity index (χ2n) is 4.50. The van der Waals surface area contributed by atoms with Crippen LogP contribution in [0.1, 0.15) is 0 Å². The van der Waals surface area contributed by atoms with E-state index in [4.69, 9.17) is 18.2 Å². The summed E-state index contributed by atoms with van der Waals surface area (Å²) in [5.74, 6) is -0.151. The average molecular weight is 297 g/mol. The first-order valence-electron chi connectivity index (χ1n) is 6.13. The fourth-order valence-electron chi connectivity index (χ4n) is 2.25. The zero-order chi connectivity index (χ0) is 15.0. The first-order valence-corrected chi connectivity index (χ1v) is 6.51. The summed E-state index contributed by atoms with van der Waals surface area (Å²) in [6.45, 7) is 7.08. The van der Waals surface area contributed by atoms with E-state index in [-0.39, 0.29) is 22.0 Å². The zero-order valence-corrected chi connectivity index (χ0v) is 11.5. The third-order valence-electron chi connectivity index (χ3n) is 3.24. The SMILES string of the molecule is [C-]#[N+]c1cc2c(O)c(-c3ccccc3)c(=O)[nH]c2cc1Cl. The monoisotopic (exact) mass is 296 g/mol. The summed E-state index contributed by atoms with van der Waals surface area (Å²) in [4.78, 5) is 18.2. The Balaban J connectivity index is 2.41. The van der Waals surface area contributed by atoms with Gasteiger partial charge in [0, 0.05) is 10.4 Å². The molecule has 2 N–H and O–H groups in total. The Bertz CT molecular complexity index is 940. The molecule has 5 heteroatoms. The number of hydrogen-bond donors (Lipinski definition) is 2. The van der Waals surface area contributed by atoms with Crippen LogP contribution in [0.15, 0.2) is 47.3 Å². The average Bonchev–Trinajstić information content (AvgIpc) is 2.48. The second kappa shape index (κ2) is 4.97. The van der Waals surface area contributed by atoms with Gasteiger partial charge in [0.15, 0.2) is 0 Å². The summed E-state index contributed by atoms with van der Waals surface area (Å²) in [5, 5.41) is 11.1. The number of fused-ring (bicyclic) bond motifs is 1. The minimum Gasteiger partial charge on any atom is -0.506 e. The Labute approximate surface area is 125 Å². The molecule has 0 radical (unpaired) electrons. The Morgan fingerprint density at radius 2 is 1.90 bits per heavy atom. The van der Waals surface area contributed by atoms with Crippen LogP contribution >= 0.6 is 11.6 Å². The fraction of sp³-hybridized carbons (Fsp3) is 0. The summed E-state index contributed by atoms with van der Waals surface area (Å²) < 4.78 is 0. The maximum atomic E-state index is 12.2. The van der Waals surface area contributed by atoms with Gasteiger partial charge in [-0.1, -0.05) is 41.9 Å². The molecule has 0 saturated carbocycles. The fourth-order valence-corrected chi connectivity index (χ4v) is 2.45. The van der Waals surface area contributed by atoms with Crippen LogP contribution in [-0.4, -0.2) is 10.1 Å². The van der Waals surface area contributed by atoms with Crippen molar-refractivity contribution < 1.29 is 5.11 Å². The lowest BCUT2D eigenvalue weighted by atomic mass is 10.0. The Morgan fingerprint density at radius 3 is 2.57 bits per heavy atom. The summed E-state index contributed by atoms with van der Waals surface area (Å²) in [6.07, 6.45) is 0. The van der Waals surface area contributed by atoms with E-state index in [1.165, 1.54) is 12.1 Å². The standard InChI is InChI=1S/C16H9ClN2O2/c1-18-13-7-10-12(8-11(13)17)19-16(21)14(15(10)20)9-5-3-2-4-6-9/h2-8H,(H2,19,20,21). The lowest BCUT2D eigenvalue weighted by Gasteiger charge is -2.08.